The summed E-state index contributed by atoms with van der Waals surface area (Å²) in [4.78, 5) is 32.1. The molecule has 7 nitrogen and oxygen atoms in total. The molecule has 4 aromatic carbocycles. The molecule has 1 amide bonds. The van der Waals surface area contributed by atoms with E-state index in [0.29, 0.717) is 29.5 Å². The molecule has 0 spiro atoms. The van der Waals surface area contributed by atoms with Crippen LogP contribution in [0.4, 0.5) is 0 Å². The van der Waals surface area contributed by atoms with Gasteiger partial charge in [0.05, 0.1) is 16.6 Å². The average Bonchev–Trinajstić information content (AvgIpc) is 3.46. The van der Waals surface area contributed by atoms with Gasteiger partial charge in [0, 0.05) is 36.2 Å². The van der Waals surface area contributed by atoms with Gasteiger partial charge in [0.2, 0.25) is 0 Å². The molecular formula is C37H37N3O4S. The van der Waals surface area contributed by atoms with Crippen LogP contribution in [-0.2, 0) is 6.61 Å². The number of imidazole rings is 1. The number of aromatic nitrogens is 2. The Kier molecular flexibility index (Phi) is 8.94. The first-order valence-corrected chi connectivity index (χ1v) is 16.5. The average molecular weight is 620 g/mol. The number of fused-ring (bicyclic) bond motifs is 1. The second-order valence-corrected chi connectivity index (χ2v) is 12.6. The minimum atomic E-state index is -0.955. The zero-order chi connectivity index (χ0) is 31.5. The predicted molar refractivity (Wildman–Crippen MR) is 180 cm³/mol. The van der Waals surface area contributed by atoms with Crippen LogP contribution >= 0.6 is 11.8 Å². The van der Waals surface area contributed by atoms with Crippen LogP contribution in [0, 0.1) is 0 Å². The summed E-state index contributed by atoms with van der Waals surface area (Å²) in [7, 11) is 3.51. The van der Waals surface area contributed by atoms with E-state index >= 15 is 0 Å². The fraction of sp³-hybridized carbons (Fsp3) is 0.270. The first-order chi connectivity index (χ1) is 21.8. The Balaban J connectivity index is 1.30. The van der Waals surface area contributed by atoms with Gasteiger partial charge in [-0.1, -0.05) is 37.5 Å². The quantitative estimate of drug-likeness (QED) is 0.166. The number of nitrogens with zero attached hydrogens (tertiary/aromatic N) is 3. The highest BCUT2D eigenvalue weighted by Gasteiger charge is 2.23. The highest BCUT2D eigenvalue weighted by atomic mass is 32.2. The Bertz CT molecular complexity index is 1840. The first-order valence-electron chi connectivity index (χ1n) is 15.3. The van der Waals surface area contributed by atoms with Crippen molar-refractivity contribution in [3.05, 3.63) is 102 Å². The van der Waals surface area contributed by atoms with Crippen LogP contribution < -0.4 is 4.74 Å². The number of carbonyl (C=O) groups is 2. The standard InChI is InChI=1S/C37H37N3O4S/c1-39(2)36(41)26-13-19-32(24-11-17-31(45-3)18-12-24)28(21-26)23-44-30-15-9-25(10-16-30)35-38-33-22-27(37(42)43)14-20-34(33)40(35)29-7-5-4-6-8-29/h9-22,29H,4-8,23H2,1-3H3,(H,42,43). The van der Waals surface area contributed by atoms with Crippen LogP contribution in [0.25, 0.3) is 33.5 Å². The number of ether oxygens (including phenoxy) is 1. The lowest BCUT2D eigenvalue weighted by molar-refractivity contribution is 0.0696. The largest absolute Gasteiger partial charge is 0.489 e. The van der Waals surface area contributed by atoms with E-state index in [1.54, 1.807) is 42.9 Å². The van der Waals surface area contributed by atoms with Gasteiger partial charge in [0.15, 0.2) is 0 Å². The number of aromatic carboxylic acids is 1. The van der Waals surface area contributed by atoms with Gasteiger partial charge in [0.1, 0.15) is 18.2 Å². The lowest BCUT2D eigenvalue weighted by Gasteiger charge is -2.25. The van der Waals surface area contributed by atoms with E-state index in [2.05, 4.69) is 35.1 Å². The number of carbonyl (C=O) groups excluding carboxylic acids is 1. The minimum Gasteiger partial charge on any atom is -0.489 e. The molecule has 1 aliphatic carbocycles. The van der Waals surface area contributed by atoms with Gasteiger partial charge in [-0.3, -0.25) is 4.79 Å². The lowest BCUT2D eigenvalue weighted by atomic mass is 9.95. The van der Waals surface area contributed by atoms with Crippen molar-refractivity contribution < 1.29 is 19.4 Å². The lowest BCUT2D eigenvalue weighted by Crippen LogP contribution is -2.21. The summed E-state index contributed by atoms with van der Waals surface area (Å²) in [5.74, 6) is 0.544. The summed E-state index contributed by atoms with van der Waals surface area (Å²) in [5, 5.41) is 9.55. The Labute approximate surface area is 267 Å². The normalized spacial score (nSPS) is 13.6. The van der Waals surface area contributed by atoms with Gasteiger partial charge < -0.3 is 19.3 Å². The molecule has 1 fully saturated rings. The molecule has 8 heteroatoms. The van der Waals surface area contributed by atoms with E-state index in [0.717, 1.165) is 46.4 Å². The SMILES string of the molecule is CSc1ccc(-c2ccc(C(=O)N(C)C)cc2COc2ccc(-c3nc4cc(C(=O)O)ccc4n3C3CCCCC3)cc2)cc1. The van der Waals surface area contributed by atoms with Crippen LogP contribution in [0.15, 0.2) is 89.8 Å². The number of carboxylic acid groups (broad SMARTS) is 1. The fourth-order valence-electron chi connectivity index (χ4n) is 6.16. The Morgan fingerprint density at radius 1 is 0.889 bits per heavy atom. The third-order valence-corrected chi connectivity index (χ3v) is 9.29. The van der Waals surface area contributed by atoms with Gasteiger partial charge in [-0.2, -0.15) is 0 Å². The highest BCUT2D eigenvalue weighted by Crippen LogP contribution is 2.37. The monoisotopic (exact) mass is 619 g/mol. The summed E-state index contributed by atoms with van der Waals surface area (Å²) < 4.78 is 8.61. The van der Waals surface area contributed by atoms with Gasteiger partial charge in [-0.15, -0.1) is 11.8 Å². The fourth-order valence-corrected chi connectivity index (χ4v) is 6.57. The van der Waals surface area contributed by atoms with Crippen molar-refractivity contribution in [1.29, 1.82) is 0 Å². The zero-order valence-corrected chi connectivity index (χ0v) is 26.6. The van der Waals surface area contributed by atoms with E-state index in [9.17, 15) is 14.7 Å². The molecule has 1 heterocycles. The van der Waals surface area contributed by atoms with E-state index in [4.69, 9.17) is 9.72 Å². The second-order valence-electron chi connectivity index (χ2n) is 11.7. The Morgan fingerprint density at radius 3 is 2.24 bits per heavy atom. The number of rotatable bonds is 9. The van der Waals surface area contributed by atoms with Crippen molar-refractivity contribution in [3.63, 3.8) is 0 Å². The molecule has 0 saturated heterocycles. The molecule has 0 bridgehead atoms. The van der Waals surface area contributed by atoms with E-state index < -0.39 is 5.97 Å². The van der Waals surface area contributed by atoms with Gasteiger partial charge in [-0.25, -0.2) is 9.78 Å². The van der Waals surface area contributed by atoms with Crippen LogP contribution in [0.3, 0.4) is 0 Å². The number of benzene rings is 4. The Morgan fingerprint density at radius 2 is 1.58 bits per heavy atom. The number of amides is 1. The van der Waals surface area contributed by atoms with E-state index in [-0.39, 0.29) is 11.5 Å². The molecule has 5 aromatic rings. The van der Waals surface area contributed by atoms with Gasteiger partial charge in [-0.05, 0) is 103 Å². The molecular weight excluding hydrogens is 582 g/mol. The number of thioether (sulfide) groups is 1. The third-order valence-electron chi connectivity index (χ3n) is 8.54. The van der Waals surface area contributed by atoms with E-state index in [1.807, 2.05) is 48.5 Å². The van der Waals surface area contributed by atoms with Crippen LogP contribution in [0.1, 0.15) is 64.4 Å². The molecule has 1 N–H and O–H groups in total. The molecule has 1 aliphatic rings. The molecule has 0 unspecified atom stereocenters. The predicted octanol–water partition coefficient (Wildman–Crippen LogP) is 8.58. The second kappa shape index (κ2) is 13.2. The molecule has 0 aliphatic heterocycles. The summed E-state index contributed by atoms with van der Waals surface area (Å²) in [6.45, 7) is 0.298. The number of hydrogen-bond donors (Lipinski definition) is 1. The number of hydrogen-bond acceptors (Lipinski definition) is 5. The van der Waals surface area contributed by atoms with Crippen molar-refractivity contribution >= 4 is 34.7 Å². The van der Waals surface area contributed by atoms with Crippen molar-refractivity contribution in [2.24, 2.45) is 0 Å². The molecule has 0 radical (unpaired) electrons. The third kappa shape index (κ3) is 6.47. The summed E-state index contributed by atoms with van der Waals surface area (Å²) >= 11 is 1.70. The Hall–Kier alpha value is -4.56. The van der Waals surface area contributed by atoms with Crippen LogP contribution in [-0.4, -0.2) is 51.8 Å². The molecule has 45 heavy (non-hydrogen) atoms. The molecule has 1 saturated carbocycles. The molecule has 230 valence electrons. The first kappa shape index (κ1) is 30.5. The molecule has 0 atom stereocenters. The van der Waals surface area contributed by atoms with Crippen molar-refractivity contribution in [3.8, 4) is 28.3 Å². The maximum absolute atomic E-state index is 12.8. The van der Waals surface area contributed by atoms with Gasteiger partial charge in [0.25, 0.3) is 5.91 Å². The topological polar surface area (TPSA) is 84.7 Å². The van der Waals surface area contributed by atoms with E-state index in [1.165, 1.54) is 24.2 Å². The zero-order valence-electron chi connectivity index (χ0n) is 25.8. The highest BCUT2D eigenvalue weighted by molar-refractivity contribution is 7.98. The van der Waals surface area contributed by atoms with Crippen molar-refractivity contribution in [2.45, 2.75) is 49.6 Å². The van der Waals surface area contributed by atoms with Crippen molar-refractivity contribution in [2.75, 3.05) is 20.4 Å². The summed E-state index contributed by atoms with van der Waals surface area (Å²) in [5.41, 5.74) is 6.49. The molecule has 1 aromatic heterocycles. The van der Waals surface area contributed by atoms with Crippen molar-refractivity contribution in [1.82, 2.24) is 14.5 Å². The smallest absolute Gasteiger partial charge is 0.335 e. The van der Waals surface area contributed by atoms with Crippen LogP contribution in [0.5, 0.6) is 5.75 Å². The number of carboxylic acids is 1. The van der Waals surface area contributed by atoms with Gasteiger partial charge >= 0.3 is 5.97 Å². The minimum absolute atomic E-state index is 0.0544. The maximum atomic E-state index is 12.8. The summed E-state index contributed by atoms with van der Waals surface area (Å²) in [6, 6.07) is 27.7. The maximum Gasteiger partial charge on any atom is 0.335 e. The summed E-state index contributed by atoms with van der Waals surface area (Å²) in [6.07, 6.45) is 7.81. The molecule has 6 rings (SSSR count). The van der Waals surface area contributed by atoms with Crippen LogP contribution in [0.2, 0.25) is 0 Å².